The van der Waals surface area contributed by atoms with Gasteiger partial charge < -0.3 is 15.5 Å². The molecular formula is C21H34BrN5. The number of rotatable bonds is 5. The van der Waals surface area contributed by atoms with Gasteiger partial charge in [0.25, 0.3) is 0 Å². The molecule has 0 bridgehead atoms. The van der Waals surface area contributed by atoms with Crippen LogP contribution >= 0.6 is 15.9 Å². The second kappa shape index (κ2) is 9.28. The van der Waals surface area contributed by atoms with Crippen molar-refractivity contribution >= 4 is 27.6 Å². The van der Waals surface area contributed by atoms with E-state index in [0.717, 1.165) is 43.2 Å². The van der Waals surface area contributed by atoms with Gasteiger partial charge in [-0.15, -0.1) is 0 Å². The standard InChI is InChI=1S/C21H34BrN5/c1-15(2)27-12-16(3)20(14-27)25-21(23-4)24-11-17-9-10-26(13-17)19-7-5-18(22)6-8-19/h5-8,15-17,20H,9-14H2,1-4H3,(H2,23,24,25). The van der Waals surface area contributed by atoms with Crippen molar-refractivity contribution in [3.8, 4) is 0 Å². The molecule has 1 aromatic rings. The fraction of sp³-hybridized carbons (Fsp3) is 0.667. The Labute approximate surface area is 172 Å². The molecule has 6 heteroatoms. The topological polar surface area (TPSA) is 42.9 Å². The van der Waals surface area contributed by atoms with E-state index in [1.54, 1.807) is 0 Å². The van der Waals surface area contributed by atoms with E-state index < -0.39 is 0 Å². The van der Waals surface area contributed by atoms with Crippen LogP contribution in [0.3, 0.4) is 0 Å². The minimum Gasteiger partial charge on any atom is -0.371 e. The number of anilines is 1. The highest BCUT2D eigenvalue weighted by atomic mass is 79.9. The Morgan fingerprint density at radius 3 is 2.59 bits per heavy atom. The molecule has 0 aromatic heterocycles. The van der Waals surface area contributed by atoms with Crippen LogP contribution in [0.2, 0.25) is 0 Å². The Morgan fingerprint density at radius 2 is 1.96 bits per heavy atom. The average molecular weight is 436 g/mol. The van der Waals surface area contributed by atoms with Crippen LogP contribution in [-0.4, -0.2) is 62.7 Å². The summed E-state index contributed by atoms with van der Waals surface area (Å²) in [4.78, 5) is 9.49. The number of halogens is 1. The number of hydrogen-bond acceptors (Lipinski definition) is 3. The van der Waals surface area contributed by atoms with E-state index >= 15 is 0 Å². The van der Waals surface area contributed by atoms with Crippen LogP contribution in [0.1, 0.15) is 27.2 Å². The van der Waals surface area contributed by atoms with Crippen LogP contribution in [0.25, 0.3) is 0 Å². The van der Waals surface area contributed by atoms with Gasteiger partial charge in [0, 0.05) is 62.0 Å². The SMILES string of the molecule is CN=C(NCC1CCN(c2ccc(Br)cc2)C1)NC1CN(C(C)C)CC1C. The maximum atomic E-state index is 4.46. The highest BCUT2D eigenvalue weighted by Crippen LogP contribution is 2.25. The molecular weight excluding hydrogens is 402 g/mol. The Hall–Kier alpha value is -1.27. The number of hydrogen-bond donors (Lipinski definition) is 2. The van der Waals surface area contributed by atoms with Gasteiger partial charge in [-0.25, -0.2) is 0 Å². The average Bonchev–Trinajstić information content (AvgIpc) is 3.26. The van der Waals surface area contributed by atoms with E-state index in [2.05, 4.69) is 86.4 Å². The summed E-state index contributed by atoms with van der Waals surface area (Å²) in [7, 11) is 1.87. The van der Waals surface area contributed by atoms with Crippen molar-refractivity contribution in [3.05, 3.63) is 28.7 Å². The third-order valence-electron chi connectivity index (χ3n) is 5.95. The van der Waals surface area contributed by atoms with Crippen LogP contribution in [0, 0.1) is 11.8 Å². The van der Waals surface area contributed by atoms with E-state index in [1.165, 1.54) is 12.1 Å². The van der Waals surface area contributed by atoms with Crippen molar-refractivity contribution in [2.45, 2.75) is 39.3 Å². The zero-order valence-corrected chi connectivity index (χ0v) is 18.7. The summed E-state index contributed by atoms with van der Waals surface area (Å²) in [6.45, 7) is 12.4. The Kier molecular flexibility index (Phi) is 7.04. The summed E-state index contributed by atoms with van der Waals surface area (Å²) in [5.74, 6) is 2.24. The third kappa shape index (κ3) is 5.38. The zero-order valence-electron chi connectivity index (χ0n) is 17.1. The lowest BCUT2D eigenvalue weighted by atomic mass is 10.1. The normalized spacial score (nSPS) is 26.8. The predicted octanol–water partition coefficient (Wildman–Crippen LogP) is 3.17. The summed E-state index contributed by atoms with van der Waals surface area (Å²) in [5.41, 5.74) is 1.32. The van der Waals surface area contributed by atoms with Crippen molar-refractivity contribution in [3.63, 3.8) is 0 Å². The fourth-order valence-electron chi connectivity index (χ4n) is 4.11. The van der Waals surface area contributed by atoms with E-state index in [4.69, 9.17) is 0 Å². The molecule has 2 heterocycles. The van der Waals surface area contributed by atoms with Crippen LogP contribution in [0.15, 0.2) is 33.7 Å². The predicted molar refractivity (Wildman–Crippen MR) is 119 cm³/mol. The van der Waals surface area contributed by atoms with Gasteiger partial charge in [0.1, 0.15) is 0 Å². The Balaban J connectivity index is 1.45. The Bertz CT molecular complexity index is 630. The number of guanidine groups is 1. The van der Waals surface area contributed by atoms with E-state index in [1.807, 2.05) is 7.05 Å². The molecule has 0 saturated carbocycles. The van der Waals surface area contributed by atoms with Crippen LogP contribution < -0.4 is 15.5 Å². The van der Waals surface area contributed by atoms with Crippen molar-refractivity contribution in [1.29, 1.82) is 0 Å². The van der Waals surface area contributed by atoms with E-state index in [0.29, 0.717) is 23.9 Å². The summed E-state index contributed by atoms with van der Waals surface area (Å²) >= 11 is 3.51. The second-order valence-electron chi connectivity index (χ2n) is 8.31. The summed E-state index contributed by atoms with van der Waals surface area (Å²) in [5, 5.41) is 7.22. The maximum absolute atomic E-state index is 4.46. The molecule has 3 atom stereocenters. The Morgan fingerprint density at radius 1 is 1.22 bits per heavy atom. The molecule has 0 radical (unpaired) electrons. The number of likely N-dealkylation sites (tertiary alicyclic amines) is 1. The van der Waals surface area contributed by atoms with E-state index in [9.17, 15) is 0 Å². The quantitative estimate of drug-likeness (QED) is 0.550. The van der Waals surface area contributed by atoms with Crippen LogP contribution in [0.5, 0.6) is 0 Å². The molecule has 150 valence electrons. The van der Waals surface area contributed by atoms with Gasteiger partial charge in [-0.1, -0.05) is 22.9 Å². The minimum absolute atomic E-state index is 0.474. The lowest BCUT2D eigenvalue weighted by Gasteiger charge is -2.23. The van der Waals surface area contributed by atoms with Gasteiger partial charge in [0.05, 0.1) is 0 Å². The second-order valence-corrected chi connectivity index (χ2v) is 9.22. The molecule has 3 rings (SSSR count). The van der Waals surface area contributed by atoms with Crippen molar-refractivity contribution in [2.75, 3.05) is 44.7 Å². The monoisotopic (exact) mass is 435 g/mol. The lowest BCUT2D eigenvalue weighted by Crippen LogP contribution is -2.48. The molecule has 2 saturated heterocycles. The van der Waals surface area contributed by atoms with E-state index in [-0.39, 0.29) is 0 Å². The fourth-order valence-corrected chi connectivity index (χ4v) is 4.38. The third-order valence-corrected chi connectivity index (χ3v) is 6.48. The lowest BCUT2D eigenvalue weighted by molar-refractivity contribution is 0.265. The number of benzene rings is 1. The van der Waals surface area contributed by atoms with Gasteiger partial charge in [-0.2, -0.15) is 0 Å². The van der Waals surface area contributed by atoms with Crippen LogP contribution in [-0.2, 0) is 0 Å². The first-order valence-corrected chi connectivity index (χ1v) is 11.0. The molecule has 0 amide bonds. The van der Waals surface area contributed by atoms with Crippen molar-refractivity contribution < 1.29 is 0 Å². The smallest absolute Gasteiger partial charge is 0.191 e. The zero-order chi connectivity index (χ0) is 19.4. The molecule has 2 fully saturated rings. The van der Waals surface area contributed by atoms with Gasteiger partial charge in [-0.3, -0.25) is 9.89 Å². The largest absolute Gasteiger partial charge is 0.371 e. The summed E-state index contributed by atoms with van der Waals surface area (Å²) < 4.78 is 1.13. The summed E-state index contributed by atoms with van der Waals surface area (Å²) in [6, 6.07) is 9.72. The van der Waals surface area contributed by atoms with Crippen LogP contribution in [0.4, 0.5) is 5.69 Å². The molecule has 1 aromatic carbocycles. The molecule has 2 aliphatic heterocycles. The molecule has 2 aliphatic rings. The molecule has 2 N–H and O–H groups in total. The number of aliphatic imine (C=N–C) groups is 1. The molecule has 5 nitrogen and oxygen atoms in total. The number of nitrogens with one attached hydrogen (secondary N) is 2. The van der Waals surface area contributed by atoms with Gasteiger partial charge in [0.2, 0.25) is 0 Å². The summed E-state index contributed by atoms with van der Waals surface area (Å²) in [6.07, 6.45) is 1.22. The van der Waals surface area contributed by atoms with Crippen molar-refractivity contribution in [1.82, 2.24) is 15.5 Å². The van der Waals surface area contributed by atoms with Gasteiger partial charge >= 0.3 is 0 Å². The first-order chi connectivity index (χ1) is 13.0. The molecule has 0 aliphatic carbocycles. The maximum Gasteiger partial charge on any atom is 0.191 e. The highest BCUT2D eigenvalue weighted by Gasteiger charge is 2.31. The van der Waals surface area contributed by atoms with Gasteiger partial charge in [0.15, 0.2) is 5.96 Å². The molecule has 0 spiro atoms. The molecule has 27 heavy (non-hydrogen) atoms. The highest BCUT2D eigenvalue weighted by molar-refractivity contribution is 9.10. The first-order valence-electron chi connectivity index (χ1n) is 10.2. The minimum atomic E-state index is 0.474. The van der Waals surface area contributed by atoms with Gasteiger partial charge in [-0.05, 0) is 56.4 Å². The van der Waals surface area contributed by atoms with Crippen molar-refractivity contribution in [2.24, 2.45) is 16.8 Å². The number of nitrogens with zero attached hydrogens (tertiary/aromatic N) is 3. The first kappa shape index (κ1) is 20.5. The molecule has 3 unspecified atom stereocenters.